The molecule has 1 radical (unpaired) electrons. The van der Waals surface area contributed by atoms with E-state index in [-0.39, 0.29) is 0 Å². The first kappa shape index (κ1) is 4.44. The van der Waals surface area contributed by atoms with E-state index in [1.54, 1.807) is 0 Å². The van der Waals surface area contributed by atoms with Crippen LogP contribution in [0.15, 0.2) is 18.5 Å². The van der Waals surface area contributed by atoms with Crippen LogP contribution in [0.4, 0.5) is 0 Å². The normalized spacial score (nSPS) is 9.29. The van der Waals surface area contributed by atoms with E-state index >= 15 is 0 Å². The number of aromatic nitrogens is 1. The van der Waals surface area contributed by atoms with E-state index in [1.807, 2.05) is 18.5 Å². The van der Waals surface area contributed by atoms with Gasteiger partial charge in [-0.2, -0.15) is 0 Å². The summed E-state index contributed by atoms with van der Waals surface area (Å²) >= 11 is 0. The van der Waals surface area contributed by atoms with E-state index in [0.29, 0.717) is 0 Å². The molecule has 0 unspecified atom stereocenters. The molecule has 0 saturated heterocycles. The van der Waals surface area contributed by atoms with Gasteiger partial charge in [-0.3, -0.25) is 0 Å². The Morgan fingerprint density at radius 1 is 1.71 bits per heavy atom. The summed E-state index contributed by atoms with van der Waals surface area (Å²) in [5.41, 5.74) is 0. The Balaban J connectivity index is 2.76. The first-order valence-electron chi connectivity index (χ1n) is 2.45. The summed E-state index contributed by atoms with van der Waals surface area (Å²) in [6.45, 7) is 3.15. The highest BCUT2D eigenvalue weighted by atomic mass is 14.9. The van der Waals surface area contributed by atoms with E-state index < -0.39 is 0 Å². The maximum atomic E-state index is 2.94. The van der Waals surface area contributed by atoms with E-state index in [2.05, 4.69) is 17.6 Å². The quantitative estimate of drug-likeness (QED) is 0.494. The third-order valence-electron chi connectivity index (χ3n) is 0.968. The van der Waals surface area contributed by atoms with E-state index in [0.717, 1.165) is 6.54 Å². The van der Waals surface area contributed by atoms with Gasteiger partial charge in [-0.15, -0.1) is 0 Å². The molecule has 0 fully saturated rings. The lowest BCUT2D eigenvalue weighted by atomic mass is 10.7. The van der Waals surface area contributed by atoms with Gasteiger partial charge in [0, 0.05) is 25.0 Å². The molecule has 0 aliphatic rings. The molecule has 0 bridgehead atoms. The van der Waals surface area contributed by atoms with Gasteiger partial charge in [0.15, 0.2) is 0 Å². The van der Waals surface area contributed by atoms with Crippen LogP contribution in [0.2, 0.25) is 0 Å². The largest absolute Gasteiger partial charge is 0.354 e. The molecule has 0 atom stereocenters. The Morgan fingerprint density at radius 3 is 2.86 bits per heavy atom. The fourth-order valence-corrected chi connectivity index (χ4v) is 0.517. The molecule has 0 aliphatic carbocycles. The van der Waals surface area contributed by atoms with Crippen molar-refractivity contribution in [2.24, 2.45) is 0 Å². The summed E-state index contributed by atoms with van der Waals surface area (Å²) in [7, 11) is 0. The van der Waals surface area contributed by atoms with Crippen molar-refractivity contribution in [1.29, 1.82) is 0 Å². The predicted molar refractivity (Wildman–Crippen MR) is 28.9 cm³/mol. The fraction of sp³-hybridized carbons (Fsp3) is 0.333. The molecule has 1 heterocycles. The van der Waals surface area contributed by atoms with Gasteiger partial charge in [-0.25, -0.2) is 0 Å². The minimum Gasteiger partial charge on any atom is -0.354 e. The Morgan fingerprint density at radius 2 is 2.57 bits per heavy atom. The van der Waals surface area contributed by atoms with E-state index in [4.69, 9.17) is 0 Å². The zero-order valence-electron chi connectivity index (χ0n) is 4.39. The van der Waals surface area contributed by atoms with Gasteiger partial charge in [-0.1, -0.05) is 0 Å². The number of nitrogens with zero attached hydrogens (tertiary/aromatic N) is 1. The highest BCUT2D eigenvalue weighted by Crippen LogP contribution is 1.85. The van der Waals surface area contributed by atoms with Crippen LogP contribution in [-0.4, -0.2) is 4.57 Å². The van der Waals surface area contributed by atoms with Gasteiger partial charge in [-0.05, 0) is 13.0 Å². The van der Waals surface area contributed by atoms with Crippen molar-refractivity contribution in [2.75, 3.05) is 0 Å². The number of rotatable bonds is 1. The average molecular weight is 94.1 g/mol. The second kappa shape index (κ2) is 1.82. The maximum absolute atomic E-state index is 2.94. The summed E-state index contributed by atoms with van der Waals surface area (Å²) in [5, 5.41) is 0. The smallest absolute Gasteiger partial charge is 0.0191 e. The first-order valence-corrected chi connectivity index (χ1v) is 2.45. The highest BCUT2D eigenvalue weighted by Gasteiger charge is 1.76. The molecule has 1 aromatic heterocycles. The molecule has 0 aromatic carbocycles. The average Bonchev–Trinajstić information content (AvgIpc) is 2.14. The molecule has 0 aliphatic heterocycles. The monoisotopic (exact) mass is 94.1 g/mol. The van der Waals surface area contributed by atoms with Crippen LogP contribution in [0.25, 0.3) is 0 Å². The lowest BCUT2D eigenvalue weighted by Crippen LogP contribution is -1.85. The molecule has 0 saturated carbocycles. The van der Waals surface area contributed by atoms with Crippen molar-refractivity contribution in [1.82, 2.24) is 4.57 Å². The van der Waals surface area contributed by atoms with Crippen LogP contribution in [-0.2, 0) is 6.54 Å². The summed E-state index contributed by atoms with van der Waals surface area (Å²) in [6, 6.07) is 4.85. The highest BCUT2D eigenvalue weighted by molar-refractivity contribution is 4.87. The SMILES string of the molecule is CCn1c[c]cc1. The molecule has 7 heavy (non-hydrogen) atoms. The van der Waals surface area contributed by atoms with Crippen molar-refractivity contribution in [2.45, 2.75) is 13.5 Å². The molecule has 37 valence electrons. The lowest BCUT2D eigenvalue weighted by Gasteiger charge is -1.89. The lowest BCUT2D eigenvalue weighted by molar-refractivity contribution is 0.769. The summed E-state index contributed by atoms with van der Waals surface area (Å²) in [4.78, 5) is 0. The van der Waals surface area contributed by atoms with Crippen LogP contribution in [0.1, 0.15) is 6.92 Å². The maximum Gasteiger partial charge on any atom is 0.0191 e. The van der Waals surface area contributed by atoms with Gasteiger partial charge in [0.05, 0.1) is 0 Å². The third-order valence-corrected chi connectivity index (χ3v) is 0.968. The molecular weight excluding hydrogens is 86.1 g/mol. The number of aryl methyl sites for hydroxylation is 1. The molecule has 1 rings (SSSR count). The number of hydrogen-bond donors (Lipinski definition) is 0. The molecule has 0 spiro atoms. The molecule has 0 amide bonds. The van der Waals surface area contributed by atoms with E-state index in [9.17, 15) is 0 Å². The van der Waals surface area contributed by atoms with E-state index in [1.165, 1.54) is 0 Å². The topological polar surface area (TPSA) is 4.93 Å². The van der Waals surface area contributed by atoms with Crippen molar-refractivity contribution < 1.29 is 0 Å². The molecule has 1 aromatic rings. The minimum absolute atomic E-state index is 1.05. The van der Waals surface area contributed by atoms with Crippen LogP contribution in [0.5, 0.6) is 0 Å². The predicted octanol–water partition coefficient (Wildman–Crippen LogP) is 1.31. The minimum atomic E-state index is 1.05. The Bertz CT molecular complexity index is 119. The van der Waals surface area contributed by atoms with Crippen molar-refractivity contribution in [3.05, 3.63) is 24.5 Å². The molecular formula is C6H8N. The fourth-order valence-electron chi connectivity index (χ4n) is 0.517. The van der Waals surface area contributed by atoms with Crippen LogP contribution in [0, 0.1) is 6.07 Å². The summed E-state index contributed by atoms with van der Waals surface area (Å²) in [6.07, 6.45) is 3.93. The van der Waals surface area contributed by atoms with Gasteiger partial charge in [0.25, 0.3) is 0 Å². The standard InChI is InChI=1S/C6H8N/c1-2-7-5-3-4-6-7/h3,5-6H,2H2,1H3. The summed E-state index contributed by atoms with van der Waals surface area (Å²) < 4.78 is 2.07. The van der Waals surface area contributed by atoms with Crippen molar-refractivity contribution >= 4 is 0 Å². The zero-order chi connectivity index (χ0) is 5.11. The van der Waals surface area contributed by atoms with Crippen LogP contribution < -0.4 is 0 Å². The second-order valence-corrected chi connectivity index (χ2v) is 1.44. The summed E-state index contributed by atoms with van der Waals surface area (Å²) in [5.74, 6) is 0. The Hall–Kier alpha value is -0.720. The Kier molecular flexibility index (Phi) is 1.16. The second-order valence-electron chi connectivity index (χ2n) is 1.44. The number of hydrogen-bond acceptors (Lipinski definition) is 0. The van der Waals surface area contributed by atoms with Gasteiger partial charge < -0.3 is 4.57 Å². The van der Waals surface area contributed by atoms with Crippen LogP contribution in [0.3, 0.4) is 0 Å². The van der Waals surface area contributed by atoms with Crippen molar-refractivity contribution in [3.63, 3.8) is 0 Å². The van der Waals surface area contributed by atoms with Gasteiger partial charge in [0.1, 0.15) is 0 Å². The van der Waals surface area contributed by atoms with Gasteiger partial charge >= 0.3 is 0 Å². The zero-order valence-corrected chi connectivity index (χ0v) is 4.39. The molecule has 1 nitrogen and oxygen atoms in total. The third kappa shape index (κ3) is 0.829. The first-order chi connectivity index (χ1) is 3.43. The van der Waals surface area contributed by atoms with Crippen molar-refractivity contribution in [3.8, 4) is 0 Å². The Labute approximate surface area is 43.6 Å². The molecule has 1 heteroatoms. The van der Waals surface area contributed by atoms with Crippen LogP contribution >= 0.6 is 0 Å². The molecule has 0 N–H and O–H groups in total. The van der Waals surface area contributed by atoms with Gasteiger partial charge in [0.2, 0.25) is 0 Å².